The SMILES string of the molecule is CCCCCCCC[N+]1(C)CCCCC1.O=S(=O)([O-])c1cc(O)ccc1O. The van der Waals surface area contributed by atoms with Crippen LogP contribution in [-0.4, -0.2) is 54.3 Å². The number of piperidine rings is 1. The first-order chi connectivity index (χ1) is 12.7. The fraction of sp³-hybridized carbons (Fsp3) is 0.700. The molecule has 0 aromatic heterocycles. The number of unbranched alkanes of at least 4 members (excludes halogenated alkanes) is 5. The highest BCUT2D eigenvalue weighted by Crippen LogP contribution is 2.25. The third kappa shape index (κ3) is 9.44. The second-order valence-electron chi connectivity index (χ2n) is 7.72. The van der Waals surface area contributed by atoms with E-state index in [1.807, 2.05) is 0 Å². The van der Waals surface area contributed by atoms with Crippen molar-refractivity contribution in [2.75, 3.05) is 26.7 Å². The van der Waals surface area contributed by atoms with E-state index < -0.39 is 20.8 Å². The predicted molar refractivity (Wildman–Crippen MR) is 106 cm³/mol. The minimum absolute atomic E-state index is 0.387. The van der Waals surface area contributed by atoms with E-state index >= 15 is 0 Å². The van der Waals surface area contributed by atoms with Crippen LogP contribution in [0.2, 0.25) is 0 Å². The Hall–Kier alpha value is -1.31. The van der Waals surface area contributed by atoms with E-state index in [-0.39, 0.29) is 5.75 Å². The van der Waals surface area contributed by atoms with E-state index in [9.17, 15) is 13.0 Å². The molecule has 1 aliphatic rings. The van der Waals surface area contributed by atoms with Gasteiger partial charge in [0.15, 0.2) is 0 Å². The predicted octanol–water partition coefficient (Wildman–Crippen LogP) is 3.98. The molecule has 0 spiro atoms. The van der Waals surface area contributed by atoms with Crippen molar-refractivity contribution in [3.63, 3.8) is 0 Å². The van der Waals surface area contributed by atoms with Crippen LogP contribution in [0.3, 0.4) is 0 Å². The average Bonchev–Trinajstić information content (AvgIpc) is 2.60. The van der Waals surface area contributed by atoms with Crippen LogP contribution >= 0.6 is 0 Å². The molecule has 156 valence electrons. The fourth-order valence-corrected chi connectivity index (χ4v) is 4.07. The Labute approximate surface area is 164 Å². The molecule has 0 aliphatic carbocycles. The topological polar surface area (TPSA) is 97.7 Å². The van der Waals surface area contributed by atoms with Crippen molar-refractivity contribution in [2.24, 2.45) is 0 Å². The van der Waals surface area contributed by atoms with Gasteiger partial charge in [-0.1, -0.05) is 32.6 Å². The molecule has 0 saturated carbocycles. The minimum atomic E-state index is -4.72. The molecule has 27 heavy (non-hydrogen) atoms. The molecule has 1 fully saturated rings. The molecule has 0 unspecified atom stereocenters. The van der Waals surface area contributed by atoms with Crippen molar-refractivity contribution in [3.05, 3.63) is 18.2 Å². The number of hydrogen-bond donors (Lipinski definition) is 2. The summed E-state index contributed by atoms with van der Waals surface area (Å²) in [6.45, 7) is 6.61. The first-order valence-corrected chi connectivity index (χ1v) is 11.4. The van der Waals surface area contributed by atoms with E-state index in [0.717, 1.165) is 12.1 Å². The standard InChI is InChI=1S/C14H30N.C6H6O5S/c1-3-4-5-6-7-9-12-15(2)13-10-8-11-14-15;7-4-1-2-5(8)6(3-4)12(9,10)11/h3-14H2,1-2H3;1-3,7-8H,(H,9,10,11)/q+1;/p-1. The first-order valence-electron chi connectivity index (χ1n) is 9.99. The Morgan fingerprint density at radius 2 is 1.59 bits per heavy atom. The second-order valence-corrected chi connectivity index (χ2v) is 9.07. The molecule has 2 N–H and O–H groups in total. The summed E-state index contributed by atoms with van der Waals surface area (Å²) < 4.78 is 32.5. The van der Waals surface area contributed by atoms with Gasteiger partial charge in [-0.3, -0.25) is 0 Å². The van der Waals surface area contributed by atoms with Crippen molar-refractivity contribution in [2.45, 2.75) is 69.6 Å². The largest absolute Gasteiger partial charge is 0.744 e. The molecule has 6 nitrogen and oxygen atoms in total. The summed E-state index contributed by atoms with van der Waals surface area (Å²) >= 11 is 0. The number of hydrogen-bond acceptors (Lipinski definition) is 5. The lowest BCUT2D eigenvalue weighted by molar-refractivity contribution is -0.914. The van der Waals surface area contributed by atoms with Crippen LogP contribution < -0.4 is 0 Å². The number of nitrogens with zero attached hydrogens (tertiary/aromatic N) is 1. The second kappa shape index (κ2) is 11.5. The third-order valence-corrected chi connectivity index (χ3v) is 6.03. The van der Waals surface area contributed by atoms with Crippen molar-refractivity contribution in [1.29, 1.82) is 0 Å². The Morgan fingerprint density at radius 1 is 1.00 bits per heavy atom. The number of phenols is 2. The highest BCUT2D eigenvalue weighted by Gasteiger charge is 2.23. The van der Waals surface area contributed by atoms with E-state index in [0.29, 0.717) is 6.07 Å². The maximum atomic E-state index is 10.4. The third-order valence-electron chi connectivity index (χ3n) is 5.16. The quantitative estimate of drug-likeness (QED) is 0.297. The lowest BCUT2D eigenvalue weighted by atomic mass is 10.1. The number of quaternary nitrogens is 1. The van der Waals surface area contributed by atoms with Crippen molar-refractivity contribution < 1.29 is 27.7 Å². The van der Waals surface area contributed by atoms with Crippen LogP contribution in [0, 0.1) is 0 Å². The monoisotopic (exact) mass is 401 g/mol. The Morgan fingerprint density at radius 3 is 2.15 bits per heavy atom. The fourth-order valence-electron chi connectivity index (χ4n) is 3.48. The Balaban J connectivity index is 0.000000277. The number of benzene rings is 1. The van der Waals surface area contributed by atoms with Gasteiger partial charge in [-0.2, -0.15) is 0 Å². The molecule has 0 bridgehead atoms. The molecule has 2 rings (SSSR count). The number of rotatable bonds is 8. The average molecular weight is 402 g/mol. The Bertz CT molecular complexity index is 654. The zero-order valence-corrected chi connectivity index (χ0v) is 17.5. The van der Waals surface area contributed by atoms with Gasteiger partial charge in [-0.25, -0.2) is 8.42 Å². The van der Waals surface area contributed by atoms with E-state index in [1.165, 1.54) is 81.9 Å². The summed E-state index contributed by atoms with van der Waals surface area (Å²) in [7, 11) is -2.25. The van der Waals surface area contributed by atoms with Gasteiger partial charge in [0, 0.05) is 6.07 Å². The van der Waals surface area contributed by atoms with Crippen LogP contribution in [0.1, 0.15) is 64.7 Å². The molecule has 0 amide bonds. The molecule has 1 aromatic rings. The van der Waals surface area contributed by atoms with E-state index in [4.69, 9.17) is 10.2 Å². The summed E-state index contributed by atoms with van der Waals surface area (Å²) in [6.07, 6.45) is 13.1. The molecule has 1 heterocycles. The number of likely N-dealkylation sites (tertiary alicyclic amines) is 1. The highest BCUT2D eigenvalue weighted by atomic mass is 32.2. The molecular weight excluding hydrogens is 366 g/mol. The van der Waals surface area contributed by atoms with Crippen LogP contribution in [0.15, 0.2) is 23.1 Å². The normalized spacial score (nSPS) is 16.4. The minimum Gasteiger partial charge on any atom is -0.744 e. The maximum Gasteiger partial charge on any atom is 0.133 e. The number of phenolic OH excluding ortho intramolecular Hbond substituents is 2. The molecule has 1 saturated heterocycles. The highest BCUT2D eigenvalue weighted by molar-refractivity contribution is 7.85. The van der Waals surface area contributed by atoms with Gasteiger partial charge >= 0.3 is 0 Å². The van der Waals surface area contributed by atoms with Crippen molar-refractivity contribution in [3.8, 4) is 11.5 Å². The van der Waals surface area contributed by atoms with Gasteiger partial charge in [0.1, 0.15) is 21.6 Å². The van der Waals surface area contributed by atoms with Crippen LogP contribution in [-0.2, 0) is 10.1 Å². The van der Waals surface area contributed by atoms with Crippen LogP contribution in [0.4, 0.5) is 0 Å². The molecule has 1 aliphatic heterocycles. The summed E-state index contributed by atoms with van der Waals surface area (Å²) in [5.74, 6) is -1.05. The van der Waals surface area contributed by atoms with Gasteiger partial charge in [-0.15, -0.1) is 0 Å². The van der Waals surface area contributed by atoms with Gasteiger partial charge in [-0.05, 0) is 44.2 Å². The van der Waals surface area contributed by atoms with E-state index in [2.05, 4.69) is 14.0 Å². The molecule has 7 heteroatoms. The molecular formula is C20H35NO5S. The van der Waals surface area contributed by atoms with Crippen LogP contribution in [0.5, 0.6) is 11.5 Å². The van der Waals surface area contributed by atoms with Crippen molar-refractivity contribution >= 4 is 10.1 Å². The van der Waals surface area contributed by atoms with E-state index in [1.54, 1.807) is 0 Å². The smallest absolute Gasteiger partial charge is 0.133 e. The molecule has 1 aromatic carbocycles. The maximum absolute atomic E-state index is 10.4. The Kier molecular flexibility index (Phi) is 10.1. The zero-order valence-electron chi connectivity index (χ0n) is 16.7. The lowest BCUT2D eigenvalue weighted by Gasteiger charge is -2.37. The zero-order chi connectivity index (χ0) is 20.3. The summed E-state index contributed by atoms with van der Waals surface area (Å²) in [4.78, 5) is -0.817. The van der Waals surface area contributed by atoms with Crippen LogP contribution in [0.25, 0.3) is 0 Å². The number of aromatic hydroxyl groups is 2. The first kappa shape index (κ1) is 23.7. The van der Waals surface area contributed by atoms with Gasteiger partial charge in [0.2, 0.25) is 0 Å². The molecule has 0 atom stereocenters. The van der Waals surface area contributed by atoms with Gasteiger partial charge in [0.25, 0.3) is 0 Å². The van der Waals surface area contributed by atoms with Crippen molar-refractivity contribution in [1.82, 2.24) is 0 Å². The van der Waals surface area contributed by atoms with Gasteiger partial charge in [0.05, 0.1) is 31.6 Å². The van der Waals surface area contributed by atoms with Gasteiger partial charge < -0.3 is 19.2 Å². The molecule has 0 radical (unpaired) electrons. The lowest BCUT2D eigenvalue weighted by Crippen LogP contribution is -2.48. The summed E-state index contributed by atoms with van der Waals surface area (Å²) in [5.41, 5.74) is 0. The summed E-state index contributed by atoms with van der Waals surface area (Å²) in [5, 5.41) is 17.7. The summed E-state index contributed by atoms with van der Waals surface area (Å²) in [6, 6.07) is 2.70.